The van der Waals surface area contributed by atoms with Crippen molar-refractivity contribution in [1.82, 2.24) is 25.1 Å². The SMILES string of the molecule is O=C([C@H](Cc1ccccc1)n1cnnn1)N1CCOC(c2ccccc2)C1. The Labute approximate surface area is 157 Å². The number of carbonyl (C=O) groups excluding carboxylic acids is 1. The minimum Gasteiger partial charge on any atom is -0.370 e. The largest absolute Gasteiger partial charge is 0.370 e. The predicted octanol–water partition coefficient (Wildman–Crippen LogP) is 2.06. The molecule has 7 heteroatoms. The molecule has 0 spiro atoms. The van der Waals surface area contributed by atoms with E-state index in [1.54, 1.807) is 4.68 Å². The van der Waals surface area contributed by atoms with Crippen molar-refractivity contribution in [3.05, 3.63) is 78.1 Å². The number of ether oxygens (including phenoxy) is 1. The van der Waals surface area contributed by atoms with E-state index in [0.29, 0.717) is 26.1 Å². The maximum absolute atomic E-state index is 13.3. The highest BCUT2D eigenvalue weighted by Crippen LogP contribution is 2.24. The number of tetrazole rings is 1. The van der Waals surface area contributed by atoms with E-state index in [4.69, 9.17) is 4.74 Å². The van der Waals surface area contributed by atoms with Crippen LogP contribution < -0.4 is 0 Å². The topological polar surface area (TPSA) is 73.1 Å². The van der Waals surface area contributed by atoms with Gasteiger partial charge in [0.1, 0.15) is 18.5 Å². The van der Waals surface area contributed by atoms with Gasteiger partial charge in [0.05, 0.1) is 13.2 Å². The van der Waals surface area contributed by atoms with Gasteiger partial charge in [-0.2, -0.15) is 0 Å². The van der Waals surface area contributed by atoms with Gasteiger partial charge in [-0.25, -0.2) is 4.68 Å². The molecular formula is C20H21N5O2. The van der Waals surface area contributed by atoms with Crippen molar-refractivity contribution >= 4 is 5.91 Å². The van der Waals surface area contributed by atoms with Crippen molar-refractivity contribution in [3.8, 4) is 0 Å². The van der Waals surface area contributed by atoms with E-state index in [-0.39, 0.29) is 12.0 Å². The first-order chi connectivity index (χ1) is 13.3. The van der Waals surface area contributed by atoms with Crippen LogP contribution in [-0.2, 0) is 16.0 Å². The van der Waals surface area contributed by atoms with Crippen molar-refractivity contribution in [2.75, 3.05) is 19.7 Å². The van der Waals surface area contributed by atoms with Crippen molar-refractivity contribution < 1.29 is 9.53 Å². The number of hydrogen-bond acceptors (Lipinski definition) is 5. The van der Waals surface area contributed by atoms with E-state index in [2.05, 4.69) is 15.5 Å². The molecule has 2 heterocycles. The summed E-state index contributed by atoms with van der Waals surface area (Å²) in [5.74, 6) is 0.00961. The monoisotopic (exact) mass is 363 g/mol. The molecule has 3 aromatic rings. The second-order valence-electron chi connectivity index (χ2n) is 6.55. The molecule has 0 bridgehead atoms. The molecule has 1 saturated heterocycles. The molecule has 138 valence electrons. The van der Waals surface area contributed by atoms with Crippen molar-refractivity contribution in [3.63, 3.8) is 0 Å². The van der Waals surface area contributed by atoms with Gasteiger partial charge in [-0.1, -0.05) is 60.7 Å². The first kappa shape index (κ1) is 17.4. The van der Waals surface area contributed by atoms with Crippen molar-refractivity contribution in [1.29, 1.82) is 0 Å². The highest BCUT2D eigenvalue weighted by atomic mass is 16.5. The van der Waals surface area contributed by atoms with E-state index in [0.717, 1.165) is 11.1 Å². The summed E-state index contributed by atoms with van der Waals surface area (Å²) in [6, 6.07) is 19.4. The summed E-state index contributed by atoms with van der Waals surface area (Å²) in [7, 11) is 0. The fraction of sp³-hybridized carbons (Fsp3) is 0.300. The van der Waals surface area contributed by atoms with Crippen LogP contribution >= 0.6 is 0 Å². The van der Waals surface area contributed by atoms with Gasteiger partial charge in [0.25, 0.3) is 0 Å². The zero-order chi connectivity index (χ0) is 18.5. The third-order valence-electron chi connectivity index (χ3n) is 4.79. The average Bonchev–Trinajstić information content (AvgIpc) is 3.28. The van der Waals surface area contributed by atoms with Crippen LogP contribution in [-0.4, -0.2) is 50.7 Å². The Hall–Kier alpha value is -3.06. The lowest BCUT2D eigenvalue weighted by atomic mass is 10.0. The number of aromatic nitrogens is 4. The van der Waals surface area contributed by atoms with Crippen LogP contribution in [0.5, 0.6) is 0 Å². The Morgan fingerprint density at radius 1 is 1.11 bits per heavy atom. The van der Waals surface area contributed by atoms with Crippen LogP contribution in [0, 0.1) is 0 Å². The van der Waals surface area contributed by atoms with Crippen molar-refractivity contribution in [2.24, 2.45) is 0 Å². The fourth-order valence-corrected chi connectivity index (χ4v) is 3.37. The third kappa shape index (κ3) is 4.03. The second kappa shape index (κ2) is 8.09. The first-order valence-corrected chi connectivity index (χ1v) is 9.03. The van der Waals surface area contributed by atoms with Crippen LogP contribution in [0.15, 0.2) is 67.0 Å². The molecule has 0 saturated carbocycles. The van der Waals surface area contributed by atoms with E-state index < -0.39 is 6.04 Å². The van der Waals surface area contributed by atoms with Crippen LogP contribution in [0.1, 0.15) is 23.3 Å². The molecule has 27 heavy (non-hydrogen) atoms. The molecule has 1 aliphatic rings. The minimum atomic E-state index is -0.475. The quantitative estimate of drug-likeness (QED) is 0.694. The number of nitrogens with zero attached hydrogens (tertiary/aromatic N) is 5. The van der Waals surface area contributed by atoms with Gasteiger partial charge in [-0.05, 0) is 21.6 Å². The average molecular weight is 363 g/mol. The van der Waals surface area contributed by atoms with Crippen molar-refractivity contribution in [2.45, 2.75) is 18.6 Å². The number of carbonyl (C=O) groups is 1. The molecule has 4 rings (SSSR count). The van der Waals surface area contributed by atoms with Gasteiger partial charge < -0.3 is 9.64 Å². The summed E-state index contributed by atoms with van der Waals surface area (Å²) < 4.78 is 7.44. The molecule has 7 nitrogen and oxygen atoms in total. The summed E-state index contributed by atoms with van der Waals surface area (Å²) in [5, 5.41) is 11.4. The summed E-state index contributed by atoms with van der Waals surface area (Å²) in [6.45, 7) is 1.60. The van der Waals surface area contributed by atoms with Crippen LogP contribution in [0.2, 0.25) is 0 Å². The number of morpholine rings is 1. The second-order valence-corrected chi connectivity index (χ2v) is 6.55. The normalized spacial score (nSPS) is 18.2. The van der Waals surface area contributed by atoms with Crippen LogP contribution in [0.3, 0.4) is 0 Å². The van der Waals surface area contributed by atoms with Gasteiger partial charge in [-0.3, -0.25) is 4.79 Å². The Bertz CT molecular complexity index is 855. The Morgan fingerprint density at radius 3 is 2.56 bits per heavy atom. The molecule has 1 fully saturated rings. The highest BCUT2D eigenvalue weighted by Gasteiger charge is 2.31. The van der Waals surface area contributed by atoms with E-state index in [1.165, 1.54) is 6.33 Å². The fourth-order valence-electron chi connectivity index (χ4n) is 3.37. The highest BCUT2D eigenvalue weighted by molar-refractivity contribution is 5.80. The van der Waals surface area contributed by atoms with Gasteiger partial charge in [-0.15, -0.1) is 5.10 Å². The maximum Gasteiger partial charge on any atom is 0.248 e. The van der Waals surface area contributed by atoms with E-state index >= 15 is 0 Å². The van der Waals surface area contributed by atoms with Gasteiger partial charge in [0, 0.05) is 13.0 Å². The molecule has 0 aliphatic carbocycles. The summed E-state index contributed by atoms with van der Waals surface area (Å²) in [5.41, 5.74) is 2.15. The van der Waals surface area contributed by atoms with E-state index in [1.807, 2.05) is 65.6 Å². The molecule has 1 amide bonds. The molecule has 1 aromatic heterocycles. The maximum atomic E-state index is 13.3. The lowest BCUT2D eigenvalue weighted by Crippen LogP contribution is -2.46. The van der Waals surface area contributed by atoms with Crippen LogP contribution in [0.4, 0.5) is 0 Å². The molecule has 0 radical (unpaired) electrons. The predicted molar refractivity (Wildman–Crippen MR) is 98.7 cm³/mol. The number of rotatable bonds is 5. The van der Waals surface area contributed by atoms with E-state index in [9.17, 15) is 4.79 Å². The first-order valence-electron chi connectivity index (χ1n) is 9.03. The summed E-state index contributed by atoms with van der Waals surface area (Å²) in [4.78, 5) is 15.2. The zero-order valence-corrected chi connectivity index (χ0v) is 14.9. The molecular weight excluding hydrogens is 342 g/mol. The molecule has 1 unspecified atom stereocenters. The number of hydrogen-bond donors (Lipinski definition) is 0. The smallest absolute Gasteiger partial charge is 0.248 e. The third-order valence-corrected chi connectivity index (χ3v) is 4.79. The standard InChI is InChI=1S/C20H21N5O2/c26-20(24-11-12-27-19(14-24)17-9-5-2-6-10-17)18(25-15-21-22-23-25)13-16-7-3-1-4-8-16/h1-10,15,18-19H,11-14H2/t18-,19?/m0/s1. The Morgan fingerprint density at radius 2 is 1.85 bits per heavy atom. The molecule has 0 N–H and O–H groups in total. The summed E-state index contributed by atoms with van der Waals surface area (Å²) in [6.07, 6.45) is 1.92. The molecule has 1 aliphatic heterocycles. The van der Waals surface area contributed by atoms with Gasteiger partial charge in [0.15, 0.2) is 0 Å². The Balaban J connectivity index is 1.54. The number of amides is 1. The molecule has 2 aromatic carbocycles. The molecule has 2 atom stereocenters. The Kier molecular flexibility index (Phi) is 5.20. The minimum absolute atomic E-state index is 0.00961. The lowest BCUT2D eigenvalue weighted by molar-refractivity contribution is -0.143. The summed E-state index contributed by atoms with van der Waals surface area (Å²) >= 11 is 0. The zero-order valence-electron chi connectivity index (χ0n) is 14.9. The van der Waals surface area contributed by atoms with Gasteiger partial charge in [0.2, 0.25) is 5.91 Å². The number of benzene rings is 2. The van der Waals surface area contributed by atoms with Gasteiger partial charge >= 0.3 is 0 Å². The van der Waals surface area contributed by atoms with Crippen LogP contribution in [0.25, 0.3) is 0 Å². The lowest BCUT2D eigenvalue weighted by Gasteiger charge is -2.35.